The Morgan fingerprint density at radius 1 is 1.09 bits per heavy atom. The van der Waals surface area contributed by atoms with E-state index in [2.05, 4.69) is 18.5 Å². The van der Waals surface area contributed by atoms with Gasteiger partial charge in [-0.25, -0.2) is 0 Å². The first-order chi connectivity index (χ1) is 5.18. The molecule has 0 saturated heterocycles. The van der Waals surface area contributed by atoms with Crippen molar-refractivity contribution in [2.75, 3.05) is 12.8 Å². The van der Waals surface area contributed by atoms with Gasteiger partial charge in [0.2, 0.25) is 0 Å². The van der Waals surface area contributed by atoms with Crippen LogP contribution in [0.2, 0.25) is 0 Å². The lowest BCUT2D eigenvalue weighted by molar-refractivity contribution is -0.112. The molecule has 3 atom stereocenters. The van der Waals surface area contributed by atoms with Crippen molar-refractivity contribution >= 4 is 18.5 Å². The van der Waals surface area contributed by atoms with E-state index in [0.717, 1.165) is 0 Å². The van der Waals surface area contributed by atoms with Gasteiger partial charge in [-0.05, 0) is 6.16 Å². The SMILES string of the molecule is CC.CP.OC(O)C(O)CP. The van der Waals surface area contributed by atoms with Crippen LogP contribution in [0.1, 0.15) is 13.8 Å². The van der Waals surface area contributed by atoms with Gasteiger partial charge in [0, 0.05) is 0 Å². The molecular formula is C6H20O3P2. The van der Waals surface area contributed by atoms with Crippen molar-refractivity contribution in [2.45, 2.75) is 26.2 Å². The number of hydrogen-bond donors (Lipinski definition) is 3. The Morgan fingerprint density at radius 2 is 1.36 bits per heavy atom. The van der Waals surface area contributed by atoms with Crippen LogP contribution < -0.4 is 0 Å². The fourth-order valence-corrected chi connectivity index (χ4v) is 0.365. The van der Waals surface area contributed by atoms with Crippen molar-refractivity contribution < 1.29 is 15.3 Å². The van der Waals surface area contributed by atoms with Crippen LogP contribution in [0.4, 0.5) is 0 Å². The van der Waals surface area contributed by atoms with Crippen LogP contribution in [0.5, 0.6) is 0 Å². The van der Waals surface area contributed by atoms with Crippen molar-refractivity contribution in [3.8, 4) is 0 Å². The average molecular weight is 202 g/mol. The molecule has 0 aromatic heterocycles. The van der Waals surface area contributed by atoms with Crippen molar-refractivity contribution in [1.82, 2.24) is 0 Å². The van der Waals surface area contributed by atoms with Gasteiger partial charge in [-0.1, -0.05) is 20.5 Å². The van der Waals surface area contributed by atoms with Crippen molar-refractivity contribution in [3.05, 3.63) is 0 Å². The summed E-state index contributed by atoms with van der Waals surface area (Å²) in [6.45, 7) is 5.92. The zero-order valence-corrected chi connectivity index (χ0v) is 9.67. The minimum absolute atomic E-state index is 0.289. The second-order valence-electron chi connectivity index (χ2n) is 1.22. The maximum Gasteiger partial charge on any atom is 0.178 e. The van der Waals surface area contributed by atoms with Crippen LogP contribution in [0.3, 0.4) is 0 Å². The monoisotopic (exact) mass is 202 g/mol. The molecule has 0 heterocycles. The molecule has 0 spiro atoms. The number of aliphatic hydroxyl groups is 3. The minimum atomic E-state index is -1.60. The van der Waals surface area contributed by atoms with Crippen LogP contribution >= 0.6 is 18.5 Å². The summed E-state index contributed by atoms with van der Waals surface area (Å²) in [6.07, 6.45) is -2.33. The van der Waals surface area contributed by atoms with Gasteiger partial charge < -0.3 is 15.3 Å². The third kappa shape index (κ3) is 18.1. The summed E-state index contributed by atoms with van der Waals surface area (Å²) in [6, 6.07) is 0. The number of aliphatic hydroxyl groups excluding tert-OH is 2. The molecule has 72 valence electrons. The highest BCUT2D eigenvalue weighted by Crippen LogP contribution is 1.92. The summed E-state index contributed by atoms with van der Waals surface area (Å²) >= 11 is 0. The molecule has 11 heavy (non-hydrogen) atoms. The Morgan fingerprint density at radius 3 is 1.36 bits per heavy atom. The maximum absolute atomic E-state index is 8.41. The Labute approximate surface area is 73.6 Å². The second-order valence-corrected chi connectivity index (χ2v) is 1.69. The molecule has 0 aliphatic heterocycles. The molecule has 0 aromatic rings. The predicted molar refractivity (Wildman–Crippen MR) is 55.8 cm³/mol. The van der Waals surface area contributed by atoms with Gasteiger partial charge in [-0.15, -0.1) is 18.5 Å². The van der Waals surface area contributed by atoms with E-state index in [-0.39, 0.29) is 6.16 Å². The molecule has 0 aliphatic carbocycles. The molecule has 0 amide bonds. The molecule has 0 radical (unpaired) electrons. The highest BCUT2D eigenvalue weighted by molar-refractivity contribution is 7.16. The average Bonchev–Trinajstić information content (AvgIpc) is 2.10. The fraction of sp³-hybridized carbons (Fsp3) is 1.00. The standard InChI is InChI=1S/C3H9O3P.C2H6.CH5P/c4-2(1-7)3(5)6;2*1-2/h2-6H,1,7H2;1-2H3;2H2,1H3. The quantitative estimate of drug-likeness (QED) is 0.438. The largest absolute Gasteiger partial charge is 0.387 e. The van der Waals surface area contributed by atoms with E-state index in [9.17, 15) is 0 Å². The first-order valence-corrected chi connectivity index (χ1v) is 5.47. The molecule has 0 aromatic carbocycles. The van der Waals surface area contributed by atoms with Crippen LogP contribution in [-0.2, 0) is 0 Å². The fourth-order valence-electron chi connectivity index (χ4n) is 0.122. The molecule has 0 fully saturated rings. The Bertz CT molecular complexity index is 53.1. The molecular weight excluding hydrogens is 182 g/mol. The van der Waals surface area contributed by atoms with E-state index in [1.807, 2.05) is 20.5 Å². The van der Waals surface area contributed by atoms with Gasteiger partial charge >= 0.3 is 0 Å². The van der Waals surface area contributed by atoms with E-state index in [4.69, 9.17) is 15.3 Å². The Kier molecular flexibility index (Phi) is 27.4. The van der Waals surface area contributed by atoms with Gasteiger partial charge in [0.25, 0.3) is 0 Å². The van der Waals surface area contributed by atoms with Crippen LogP contribution in [0.15, 0.2) is 0 Å². The summed E-state index contributed by atoms with van der Waals surface area (Å²) in [5.41, 5.74) is 0. The molecule has 0 aliphatic rings. The molecule has 3 nitrogen and oxygen atoms in total. The predicted octanol–water partition coefficient (Wildman–Crippen LogP) is 0.0506. The lowest BCUT2D eigenvalue weighted by atomic mass is 10.4. The first kappa shape index (κ1) is 17.7. The van der Waals surface area contributed by atoms with E-state index >= 15 is 0 Å². The van der Waals surface area contributed by atoms with Crippen molar-refractivity contribution in [3.63, 3.8) is 0 Å². The first-order valence-electron chi connectivity index (χ1n) is 3.50. The molecule has 0 saturated carbocycles. The highest BCUT2D eigenvalue weighted by atomic mass is 31.0. The van der Waals surface area contributed by atoms with Crippen LogP contribution in [-0.4, -0.2) is 40.5 Å². The maximum atomic E-state index is 8.41. The summed E-state index contributed by atoms with van der Waals surface area (Å²) in [4.78, 5) is 0. The van der Waals surface area contributed by atoms with Gasteiger partial charge in [-0.2, -0.15) is 0 Å². The summed E-state index contributed by atoms with van der Waals surface area (Å²) in [5.74, 6) is 0. The van der Waals surface area contributed by atoms with Gasteiger partial charge in [0.15, 0.2) is 6.29 Å². The molecule has 0 rings (SSSR count). The van der Waals surface area contributed by atoms with E-state index in [0.29, 0.717) is 0 Å². The minimum Gasteiger partial charge on any atom is -0.387 e. The van der Waals surface area contributed by atoms with Crippen LogP contribution in [0, 0.1) is 0 Å². The van der Waals surface area contributed by atoms with E-state index in [1.165, 1.54) is 0 Å². The summed E-state index contributed by atoms with van der Waals surface area (Å²) < 4.78 is 0. The second kappa shape index (κ2) is 17.0. The summed E-state index contributed by atoms with van der Waals surface area (Å²) in [7, 11) is 4.61. The van der Waals surface area contributed by atoms with E-state index in [1.54, 1.807) is 0 Å². The molecule has 3 unspecified atom stereocenters. The highest BCUT2D eigenvalue weighted by Gasteiger charge is 2.07. The lowest BCUT2D eigenvalue weighted by Gasteiger charge is -2.07. The Hall–Kier alpha value is 0.740. The lowest BCUT2D eigenvalue weighted by Crippen LogP contribution is -2.26. The molecule has 3 N–H and O–H groups in total. The topological polar surface area (TPSA) is 60.7 Å². The summed E-state index contributed by atoms with van der Waals surface area (Å²) in [5, 5.41) is 24.6. The van der Waals surface area contributed by atoms with Gasteiger partial charge in [-0.3, -0.25) is 0 Å². The third-order valence-corrected chi connectivity index (χ3v) is 1.07. The van der Waals surface area contributed by atoms with Gasteiger partial charge in [0.05, 0.1) is 0 Å². The molecule has 0 bridgehead atoms. The smallest absolute Gasteiger partial charge is 0.178 e. The zero-order valence-electron chi connectivity index (χ0n) is 7.36. The number of rotatable bonds is 2. The zero-order chi connectivity index (χ0) is 9.86. The molecule has 5 heteroatoms. The third-order valence-electron chi connectivity index (χ3n) is 0.586. The van der Waals surface area contributed by atoms with Crippen LogP contribution in [0.25, 0.3) is 0 Å². The van der Waals surface area contributed by atoms with Crippen molar-refractivity contribution in [1.29, 1.82) is 0 Å². The van der Waals surface area contributed by atoms with Gasteiger partial charge in [0.1, 0.15) is 6.10 Å². The van der Waals surface area contributed by atoms with E-state index < -0.39 is 12.4 Å². The normalized spacial score (nSPS) is 10.6. The Balaban J connectivity index is -0.000000138. The van der Waals surface area contributed by atoms with Crippen molar-refractivity contribution in [2.24, 2.45) is 0 Å². The number of hydrogen-bond acceptors (Lipinski definition) is 3.